The fourth-order valence-corrected chi connectivity index (χ4v) is 1.57. The number of halogens is 4. The van der Waals surface area contributed by atoms with E-state index in [0.29, 0.717) is 5.56 Å². The molecule has 1 heterocycles. The summed E-state index contributed by atoms with van der Waals surface area (Å²) in [7, 11) is 0. The van der Waals surface area contributed by atoms with Crippen molar-refractivity contribution in [3.05, 3.63) is 21.8 Å². The minimum atomic E-state index is -2.64. The van der Waals surface area contributed by atoms with E-state index in [1.807, 2.05) is 0 Å². The van der Waals surface area contributed by atoms with Crippen LogP contribution in [0.1, 0.15) is 17.7 Å². The van der Waals surface area contributed by atoms with E-state index in [2.05, 4.69) is 20.9 Å². The van der Waals surface area contributed by atoms with E-state index in [4.69, 9.17) is 17.3 Å². The van der Waals surface area contributed by atoms with Gasteiger partial charge in [0.1, 0.15) is 11.5 Å². The minimum Gasteiger partial charge on any atom is -0.383 e. The number of rotatable bonds is 2. The highest BCUT2D eigenvalue weighted by atomic mass is 79.9. The Morgan fingerprint density at radius 1 is 1.62 bits per heavy atom. The summed E-state index contributed by atoms with van der Waals surface area (Å²) in [4.78, 5) is 3.54. The molecular formula is C7H6BrClF2N2. The molecule has 0 spiro atoms. The largest absolute Gasteiger partial charge is 0.383 e. The van der Waals surface area contributed by atoms with Gasteiger partial charge in [0.25, 0.3) is 6.43 Å². The lowest BCUT2D eigenvalue weighted by Gasteiger charge is -2.06. The maximum atomic E-state index is 12.3. The second kappa shape index (κ2) is 4.19. The Morgan fingerprint density at radius 2 is 2.23 bits per heavy atom. The zero-order chi connectivity index (χ0) is 10.0. The van der Waals surface area contributed by atoms with Gasteiger partial charge in [-0.15, -0.1) is 11.6 Å². The third-order valence-electron chi connectivity index (χ3n) is 1.47. The first-order valence-electron chi connectivity index (χ1n) is 3.35. The van der Waals surface area contributed by atoms with Crippen molar-refractivity contribution in [2.45, 2.75) is 12.3 Å². The van der Waals surface area contributed by atoms with Crippen molar-refractivity contribution in [2.24, 2.45) is 0 Å². The summed E-state index contributed by atoms with van der Waals surface area (Å²) >= 11 is 8.47. The number of aromatic nitrogens is 1. The van der Waals surface area contributed by atoms with Crippen LogP contribution in [0.4, 0.5) is 14.6 Å². The highest BCUT2D eigenvalue weighted by Gasteiger charge is 2.15. The number of anilines is 1. The molecule has 6 heteroatoms. The first kappa shape index (κ1) is 10.7. The second-order valence-electron chi connectivity index (χ2n) is 2.33. The quantitative estimate of drug-likeness (QED) is 0.840. The van der Waals surface area contributed by atoms with Crippen LogP contribution in [0.3, 0.4) is 0 Å². The topological polar surface area (TPSA) is 38.9 Å². The average molecular weight is 271 g/mol. The van der Waals surface area contributed by atoms with Gasteiger partial charge in [-0.3, -0.25) is 0 Å². The zero-order valence-corrected chi connectivity index (χ0v) is 8.74. The molecule has 2 N–H and O–H groups in total. The van der Waals surface area contributed by atoms with Crippen LogP contribution in [0.15, 0.2) is 10.5 Å². The summed E-state index contributed by atoms with van der Waals surface area (Å²) in [5.74, 6) is 0.203. The molecule has 0 aliphatic carbocycles. The van der Waals surface area contributed by atoms with Crippen molar-refractivity contribution in [1.82, 2.24) is 4.98 Å². The molecule has 2 nitrogen and oxygen atoms in total. The molecule has 13 heavy (non-hydrogen) atoms. The van der Waals surface area contributed by atoms with Gasteiger partial charge >= 0.3 is 0 Å². The first-order valence-corrected chi connectivity index (χ1v) is 4.68. The SMILES string of the molecule is Nc1nc(C(F)F)c(Br)cc1CCl. The number of alkyl halides is 3. The molecule has 72 valence electrons. The van der Waals surface area contributed by atoms with Crippen molar-refractivity contribution in [1.29, 1.82) is 0 Å². The molecule has 1 rings (SSSR count). The van der Waals surface area contributed by atoms with Crippen LogP contribution in [0, 0.1) is 0 Å². The predicted molar refractivity (Wildman–Crippen MR) is 50.9 cm³/mol. The van der Waals surface area contributed by atoms with Gasteiger partial charge in [-0.25, -0.2) is 13.8 Å². The third-order valence-corrected chi connectivity index (χ3v) is 2.39. The van der Waals surface area contributed by atoms with Gasteiger partial charge in [0.2, 0.25) is 0 Å². The van der Waals surface area contributed by atoms with Crippen LogP contribution in [-0.4, -0.2) is 4.98 Å². The Hall–Kier alpha value is -0.420. The maximum Gasteiger partial charge on any atom is 0.281 e. The van der Waals surface area contributed by atoms with E-state index in [-0.39, 0.29) is 21.9 Å². The number of nitrogens with two attached hydrogens (primary N) is 1. The molecule has 1 aromatic heterocycles. The van der Waals surface area contributed by atoms with Gasteiger partial charge in [-0.1, -0.05) is 0 Å². The van der Waals surface area contributed by atoms with E-state index in [0.717, 1.165) is 0 Å². The van der Waals surface area contributed by atoms with Gasteiger partial charge in [-0.2, -0.15) is 0 Å². The van der Waals surface area contributed by atoms with Crippen molar-refractivity contribution in [3.8, 4) is 0 Å². The van der Waals surface area contributed by atoms with Crippen molar-refractivity contribution >= 4 is 33.3 Å². The van der Waals surface area contributed by atoms with Gasteiger partial charge < -0.3 is 5.73 Å². The summed E-state index contributed by atoms with van der Waals surface area (Å²) in [5, 5.41) is 0. The highest BCUT2D eigenvalue weighted by Crippen LogP contribution is 2.28. The average Bonchev–Trinajstić information content (AvgIpc) is 2.07. The Kier molecular flexibility index (Phi) is 3.44. The smallest absolute Gasteiger partial charge is 0.281 e. The van der Waals surface area contributed by atoms with E-state index in [1.165, 1.54) is 6.07 Å². The normalized spacial score (nSPS) is 10.8. The van der Waals surface area contributed by atoms with Gasteiger partial charge in [0, 0.05) is 10.0 Å². The summed E-state index contributed by atoms with van der Waals surface area (Å²) in [6, 6.07) is 1.46. The molecule has 0 unspecified atom stereocenters. The second-order valence-corrected chi connectivity index (χ2v) is 3.46. The molecule has 0 amide bonds. The number of hydrogen-bond donors (Lipinski definition) is 1. The van der Waals surface area contributed by atoms with E-state index in [1.54, 1.807) is 0 Å². The van der Waals surface area contributed by atoms with Crippen molar-refractivity contribution in [3.63, 3.8) is 0 Å². The Balaban J connectivity index is 3.20. The Labute approximate surface area is 87.2 Å². The van der Waals surface area contributed by atoms with Crippen LogP contribution in [0.5, 0.6) is 0 Å². The van der Waals surface area contributed by atoms with Crippen LogP contribution in [0.25, 0.3) is 0 Å². The minimum absolute atomic E-state index is 0.0495. The number of nitrogens with zero attached hydrogens (tertiary/aromatic N) is 1. The van der Waals surface area contributed by atoms with Crippen LogP contribution in [-0.2, 0) is 5.88 Å². The highest BCUT2D eigenvalue weighted by molar-refractivity contribution is 9.10. The molecule has 0 aromatic carbocycles. The van der Waals surface area contributed by atoms with Crippen LogP contribution in [0.2, 0.25) is 0 Å². The summed E-state index contributed by atoms with van der Waals surface area (Å²) in [6.07, 6.45) is -2.64. The van der Waals surface area contributed by atoms with Gasteiger partial charge in [-0.05, 0) is 22.0 Å². The lowest BCUT2D eigenvalue weighted by atomic mass is 10.2. The van der Waals surface area contributed by atoms with E-state index >= 15 is 0 Å². The zero-order valence-electron chi connectivity index (χ0n) is 6.40. The third kappa shape index (κ3) is 2.28. The molecule has 0 saturated carbocycles. The van der Waals surface area contributed by atoms with Crippen LogP contribution < -0.4 is 5.73 Å². The lowest BCUT2D eigenvalue weighted by molar-refractivity contribution is 0.145. The van der Waals surface area contributed by atoms with Crippen molar-refractivity contribution in [2.75, 3.05) is 5.73 Å². The number of hydrogen-bond acceptors (Lipinski definition) is 2. The molecular weight excluding hydrogens is 265 g/mol. The van der Waals surface area contributed by atoms with Crippen molar-refractivity contribution < 1.29 is 8.78 Å². The standard InChI is InChI=1S/C7H6BrClF2N2/c8-4-1-3(2-9)7(12)13-5(4)6(10)11/h1,6H,2H2,(H2,12,13). The maximum absolute atomic E-state index is 12.3. The van der Waals surface area contributed by atoms with Crippen LogP contribution >= 0.6 is 27.5 Å². The van der Waals surface area contributed by atoms with Gasteiger partial charge in [0.15, 0.2) is 0 Å². The van der Waals surface area contributed by atoms with Gasteiger partial charge in [0.05, 0.1) is 5.88 Å². The molecule has 0 saturated heterocycles. The Bertz CT molecular complexity index is 320. The molecule has 0 atom stereocenters. The Morgan fingerprint density at radius 3 is 2.69 bits per heavy atom. The first-order chi connectivity index (χ1) is 6.06. The molecule has 0 aliphatic rings. The fraction of sp³-hybridized carbons (Fsp3) is 0.286. The molecule has 0 aliphatic heterocycles. The fourth-order valence-electron chi connectivity index (χ4n) is 0.816. The molecule has 1 aromatic rings. The predicted octanol–water partition coefficient (Wildman–Crippen LogP) is 3.10. The number of pyridine rings is 1. The summed E-state index contributed by atoms with van der Waals surface area (Å²) < 4.78 is 24.8. The lowest BCUT2D eigenvalue weighted by Crippen LogP contribution is -2.01. The molecule has 0 fully saturated rings. The van der Waals surface area contributed by atoms with E-state index < -0.39 is 6.43 Å². The molecule has 0 radical (unpaired) electrons. The van der Waals surface area contributed by atoms with E-state index in [9.17, 15) is 8.78 Å². The summed E-state index contributed by atoms with van der Waals surface area (Å²) in [6.45, 7) is 0. The monoisotopic (exact) mass is 270 g/mol. The molecule has 0 bridgehead atoms. The summed E-state index contributed by atoms with van der Waals surface area (Å²) in [5.41, 5.74) is 5.57. The number of nitrogen functional groups attached to an aromatic ring is 1.